The highest BCUT2D eigenvalue weighted by Crippen LogP contribution is 2.22. The van der Waals surface area contributed by atoms with Crippen LogP contribution in [0, 0.1) is 11.3 Å². The minimum absolute atomic E-state index is 0.0642. The summed E-state index contributed by atoms with van der Waals surface area (Å²) in [5, 5.41) is 37.2. The molecular formula is C21H27N5O6S2. The van der Waals surface area contributed by atoms with Crippen molar-refractivity contribution in [3.8, 4) is 6.07 Å². The molecule has 1 aromatic heterocycles. The van der Waals surface area contributed by atoms with Crippen LogP contribution in [0.2, 0.25) is 0 Å². The zero-order valence-electron chi connectivity index (χ0n) is 18.9. The standard InChI is InChI=1S/C21H27N5O6S2/c1-13(27)23-15(9-10-22)18(28)19(29)16(11-14-7-5-4-6-8-14)24-20(30)17-12-33-21(25-17)26(2)34(3,31)32/h4-8,12,15-16,18-19,28-29H,9,11H2,1-3H3,(H,23,27)(H,24,30). The zero-order chi connectivity index (χ0) is 25.5. The van der Waals surface area contributed by atoms with E-state index in [-0.39, 0.29) is 23.7 Å². The highest BCUT2D eigenvalue weighted by Gasteiger charge is 2.34. The number of carbonyl (C=O) groups excluding carboxylic acids is 2. The second-order valence-corrected chi connectivity index (χ2v) is 10.5. The molecule has 0 fully saturated rings. The van der Waals surface area contributed by atoms with Gasteiger partial charge in [0.2, 0.25) is 15.9 Å². The number of nitrogens with zero attached hydrogens (tertiary/aromatic N) is 3. The molecule has 34 heavy (non-hydrogen) atoms. The monoisotopic (exact) mass is 509 g/mol. The first kappa shape index (κ1) is 27.2. The minimum atomic E-state index is -3.57. The van der Waals surface area contributed by atoms with Gasteiger partial charge in [-0.3, -0.25) is 9.59 Å². The van der Waals surface area contributed by atoms with Gasteiger partial charge in [0, 0.05) is 19.4 Å². The first-order chi connectivity index (χ1) is 15.9. The van der Waals surface area contributed by atoms with Crippen molar-refractivity contribution in [2.24, 2.45) is 0 Å². The van der Waals surface area contributed by atoms with Gasteiger partial charge in [-0.2, -0.15) is 5.26 Å². The van der Waals surface area contributed by atoms with Crippen LogP contribution >= 0.6 is 11.3 Å². The quantitative estimate of drug-likeness (QED) is 0.328. The zero-order valence-corrected chi connectivity index (χ0v) is 20.5. The summed E-state index contributed by atoms with van der Waals surface area (Å²) in [6.45, 7) is 1.22. The van der Waals surface area contributed by atoms with Crippen LogP contribution in [0.3, 0.4) is 0 Å². The van der Waals surface area contributed by atoms with Crippen LogP contribution in [0.15, 0.2) is 35.7 Å². The normalized spacial score (nSPS) is 14.8. The number of amides is 2. The number of aliphatic hydroxyl groups is 2. The molecule has 0 aliphatic heterocycles. The van der Waals surface area contributed by atoms with E-state index in [1.807, 2.05) is 6.07 Å². The van der Waals surface area contributed by atoms with E-state index in [4.69, 9.17) is 5.26 Å². The number of rotatable bonds is 11. The molecule has 4 N–H and O–H groups in total. The summed E-state index contributed by atoms with van der Waals surface area (Å²) in [7, 11) is -2.25. The van der Waals surface area contributed by atoms with E-state index in [1.165, 1.54) is 19.4 Å². The molecule has 2 aromatic rings. The number of nitriles is 1. The van der Waals surface area contributed by atoms with Gasteiger partial charge in [0.15, 0.2) is 5.13 Å². The van der Waals surface area contributed by atoms with Crippen molar-refractivity contribution in [2.45, 2.75) is 44.1 Å². The van der Waals surface area contributed by atoms with Crippen molar-refractivity contribution in [3.63, 3.8) is 0 Å². The van der Waals surface area contributed by atoms with E-state index >= 15 is 0 Å². The molecule has 0 aliphatic rings. The molecule has 0 bridgehead atoms. The summed E-state index contributed by atoms with van der Waals surface area (Å²) in [5.41, 5.74) is 0.692. The number of anilines is 1. The lowest BCUT2D eigenvalue weighted by Crippen LogP contribution is -2.56. The van der Waals surface area contributed by atoms with Crippen molar-refractivity contribution in [3.05, 3.63) is 47.0 Å². The van der Waals surface area contributed by atoms with Crippen molar-refractivity contribution in [2.75, 3.05) is 17.6 Å². The van der Waals surface area contributed by atoms with Crippen LogP contribution in [0.1, 0.15) is 29.4 Å². The molecule has 0 radical (unpaired) electrons. The Bertz CT molecular complexity index is 1130. The Labute approximate surface area is 202 Å². The molecule has 11 nitrogen and oxygen atoms in total. The first-order valence-corrected chi connectivity index (χ1v) is 12.9. The second-order valence-electron chi connectivity index (χ2n) is 7.67. The second kappa shape index (κ2) is 11.9. The van der Waals surface area contributed by atoms with Crippen LogP contribution in [0.4, 0.5) is 5.13 Å². The molecule has 13 heteroatoms. The SMILES string of the molecule is CC(=O)NC(CC#N)C(O)C(O)C(Cc1ccccc1)NC(=O)c1csc(N(C)S(C)(=O)=O)n1. The van der Waals surface area contributed by atoms with Gasteiger partial charge in [-0.25, -0.2) is 17.7 Å². The largest absolute Gasteiger partial charge is 0.388 e. The van der Waals surface area contributed by atoms with E-state index in [9.17, 15) is 28.2 Å². The van der Waals surface area contributed by atoms with Gasteiger partial charge >= 0.3 is 0 Å². The Hall–Kier alpha value is -3.05. The third-order valence-corrected chi connectivity index (χ3v) is 7.18. The maximum absolute atomic E-state index is 12.9. The van der Waals surface area contributed by atoms with Crippen molar-refractivity contribution >= 4 is 38.3 Å². The Morgan fingerprint density at radius 1 is 1.18 bits per heavy atom. The van der Waals surface area contributed by atoms with E-state index in [1.54, 1.807) is 30.3 Å². The van der Waals surface area contributed by atoms with Crippen LogP contribution in [-0.4, -0.2) is 73.0 Å². The highest BCUT2D eigenvalue weighted by molar-refractivity contribution is 7.92. The molecule has 2 rings (SSSR count). The van der Waals surface area contributed by atoms with Gasteiger partial charge in [-0.1, -0.05) is 30.3 Å². The molecule has 4 atom stereocenters. The van der Waals surface area contributed by atoms with Crippen LogP contribution < -0.4 is 14.9 Å². The molecule has 1 aromatic carbocycles. The Balaban J connectivity index is 2.28. The van der Waals surface area contributed by atoms with E-state index < -0.39 is 46.1 Å². The molecule has 184 valence electrons. The predicted octanol–water partition coefficient (Wildman–Crippen LogP) is 0.0202. The Morgan fingerprint density at radius 3 is 2.35 bits per heavy atom. The van der Waals surface area contributed by atoms with E-state index in [0.29, 0.717) is 0 Å². The summed E-state index contributed by atoms with van der Waals surface area (Å²) in [5.74, 6) is -1.17. The average Bonchev–Trinajstić information content (AvgIpc) is 3.27. The van der Waals surface area contributed by atoms with E-state index in [2.05, 4.69) is 15.6 Å². The number of nitrogens with one attached hydrogen (secondary N) is 2. The van der Waals surface area contributed by atoms with Gasteiger partial charge in [-0.05, 0) is 12.0 Å². The predicted molar refractivity (Wildman–Crippen MR) is 127 cm³/mol. The summed E-state index contributed by atoms with van der Waals surface area (Å²) in [4.78, 5) is 28.4. The molecule has 4 unspecified atom stereocenters. The third kappa shape index (κ3) is 7.49. The summed E-state index contributed by atoms with van der Waals surface area (Å²) in [6.07, 6.45) is -2.22. The first-order valence-electron chi connectivity index (χ1n) is 10.2. The summed E-state index contributed by atoms with van der Waals surface area (Å²) < 4.78 is 24.4. The summed E-state index contributed by atoms with van der Waals surface area (Å²) >= 11 is 0.956. The number of carbonyl (C=O) groups is 2. The lowest BCUT2D eigenvalue weighted by atomic mass is 9.93. The maximum Gasteiger partial charge on any atom is 0.271 e. The van der Waals surface area contributed by atoms with Crippen LogP contribution in [0.5, 0.6) is 0 Å². The van der Waals surface area contributed by atoms with Crippen molar-refractivity contribution < 1.29 is 28.2 Å². The van der Waals surface area contributed by atoms with Crippen LogP contribution in [0.25, 0.3) is 0 Å². The minimum Gasteiger partial charge on any atom is -0.388 e. The van der Waals surface area contributed by atoms with Gasteiger partial charge in [0.1, 0.15) is 17.9 Å². The fourth-order valence-electron chi connectivity index (χ4n) is 3.12. The van der Waals surface area contributed by atoms with Crippen molar-refractivity contribution in [1.82, 2.24) is 15.6 Å². The van der Waals surface area contributed by atoms with E-state index in [0.717, 1.165) is 27.5 Å². The smallest absolute Gasteiger partial charge is 0.271 e. The highest BCUT2D eigenvalue weighted by atomic mass is 32.2. The molecule has 0 spiro atoms. The van der Waals surface area contributed by atoms with Gasteiger partial charge < -0.3 is 20.8 Å². The molecule has 0 saturated heterocycles. The summed E-state index contributed by atoms with van der Waals surface area (Å²) in [6, 6.07) is 8.70. The number of hydrogen-bond donors (Lipinski definition) is 4. The fraction of sp³-hybridized carbons (Fsp3) is 0.429. The average molecular weight is 510 g/mol. The van der Waals surface area contributed by atoms with Gasteiger partial charge in [0.25, 0.3) is 5.91 Å². The lowest BCUT2D eigenvalue weighted by Gasteiger charge is -2.31. The number of sulfonamides is 1. The molecular weight excluding hydrogens is 482 g/mol. The molecule has 0 saturated carbocycles. The maximum atomic E-state index is 12.9. The lowest BCUT2D eigenvalue weighted by molar-refractivity contribution is -0.121. The Morgan fingerprint density at radius 2 is 1.79 bits per heavy atom. The number of hydrogen-bond acceptors (Lipinski definition) is 9. The van der Waals surface area contributed by atoms with Crippen molar-refractivity contribution in [1.29, 1.82) is 5.26 Å². The van der Waals surface area contributed by atoms with Gasteiger partial charge in [0.05, 0.1) is 30.8 Å². The molecule has 1 heterocycles. The number of aromatic nitrogens is 1. The van der Waals surface area contributed by atoms with Crippen LogP contribution in [-0.2, 0) is 21.2 Å². The number of thiazole rings is 1. The van der Waals surface area contributed by atoms with Gasteiger partial charge in [-0.15, -0.1) is 11.3 Å². The topological polar surface area (TPSA) is 173 Å². The number of aliphatic hydroxyl groups excluding tert-OH is 2. The fourth-order valence-corrected chi connectivity index (χ4v) is 4.65. The Kier molecular flexibility index (Phi) is 9.51. The third-order valence-electron chi connectivity index (χ3n) is 4.98. The molecule has 2 amide bonds. The number of benzene rings is 1. The molecule has 0 aliphatic carbocycles.